The van der Waals surface area contributed by atoms with E-state index >= 15 is 0 Å². The summed E-state index contributed by atoms with van der Waals surface area (Å²) in [6.07, 6.45) is 0. The molecule has 1 aromatic rings. The summed E-state index contributed by atoms with van der Waals surface area (Å²) in [5, 5.41) is 7.85. The van der Waals surface area contributed by atoms with Crippen molar-refractivity contribution in [3.05, 3.63) is 22.4 Å². The van der Waals surface area contributed by atoms with Crippen molar-refractivity contribution < 1.29 is 0 Å². The monoisotopic (exact) mass is 215 g/mol. The number of hydrogen-bond acceptors (Lipinski definition) is 3. The molecule has 0 aliphatic rings. The number of nitrogens with one attached hydrogen (secondary N) is 1. The summed E-state index contributed by atoms with van der Waals surface area (Å²) in [5.41, 5.74) is 1.41. The van der Waals surface area contributed by atoms with E-state index in [9.17, 15) is 0 Å². The van der Waals surface area contributed by atoms with Crippen molar-refractivity contribution in [2.75, 3.05) is 18.1 Å². The summed E-state index contributed by atoms with van der Waals surface area (Å²) in [5.74, 6) is 2.43. The number of hydrogen-bond donors (Lipinski definition) is 1. The van der Waals surface area contributed by atoms with Gasteiger partial charge in [-0.3, -0.25) is 0 Å². The summed E-state index contributed by atoms with van der Waals surface area (Å²) in [4.78, 5) is 0. The average Bonchev–Trinajstić information content (AvgIpc) is 2.65. The Kier molecular flexibility index (Phi) is 5.51. The highest BCUT2D eigenvalue weighted by Gasteiger charge is 2.03. The molecule has 0 saturated heterocycles. The van der Waals surface area contributed by atoms with E-state index in [-0.39, 0.29) is 0 Å². The highest BCUT2D eigenvalue weighted by Crippen LogP contribution is 2.15. The standard InChI is InChI=1S/C10H17NS2/c1-3-12-7-5-11-9(2)10-4-6-13-8-10/h4,6,8-9,11H,3,5,7H2,1-2H3. The van der Waals surface area contributed by atoms with Crippen LogP contribution in [-0.4, -0.2) is 18.1 Å². The molecule has 1 aromatic heterocycles. The molecule has 0 amide bonds. The molecule has 13 heavy (non-hydrogen) atoms. The highest BCUT2D eigenvalue weighted by molar-refractivity contribution is 7.99. The van der Waals surface area contributed by atoms with Crippen LogP contribution in [0.3, 0.4) is 0 Å². The lowest BCUT2D eigenvalue weighted by Crippen LogP contribution is -2.20. The Bertz CT molecular complexity index is 209. The minimum Gasteiger partial charge on any atom is -0.309 e. The molecule has 1 rings (SSSR count). The van der Waals surface area contributed by atoms with Gasteiger partial charge in [-0.25, -0.2) is 0 Å². The summed E-state index contributed by atoms with van der Waals surface area (Å²) < 4.78 is 0. The van der Waals surface area contributed by atoms with E-state index in [0.717, 1.165) is 6.54 Å². The Morgan fingerprint density at radius 3 is 3.08 bits per heavy atom. The molecule has 0 aromatic carbocycles. The molecule has 1 unspecified atom stereocenters. The Hall–Kier alpha value is 0.01000. The Labute approximate surface area is 88.9 Å². The molecular weight excluding hydrogens is 198 g/mol. The van der Waals surface area contributed by atoms with E-state index in [1.807, 2.05) is 11.8 Å². The van der Waals surface area contributed by atoms with Gasteiger partial charge in [-0.2, -0.15) is 23.1 Å². The van der Waals surface area contributed by atoms with Crippen LogP contribution in [0.5, 0.6) is 0 Å². The molecule has 0 aliphatic heterocycles. The topological polar surface area (TPSA) is 12.0 Å². The third kappa shape index (κ3) is 4.16. The second-order valence-corrected chi connectivity index (χ2v) is 5.10. The zero-order valence-corrected chi connectivity index (χ0v) is 9.88. The lowest BCUT2D eigenvalue weighted by molar-refractivity contribution is 0.603. The molecule has 0 spiro atoms. The minimum atomic E-state index is 0.503. The maximum Gasteiger partial charge on any atom is 0.0300 e. The second-order valence-electron chi connectivity index (χ2n) is 2.93. The van der Waals surface area contributed by atoms with Crippen LogP contribution < -0.4 is 5.32 Å². The van der Waals surface area contributed by atoms with Crippen LogP contribution >= 0.6 is 23.1 Å². The second kappa shape index (κ2) is 6.46. The molecule has 0 bridgehead atoms. The summed E-state index contributed by atoms with van der Waals surface area (Å²) >= 11 is 3.75. The number of thioether (sulfide) groups is 1. The van der Waals surface area contributed by atoms with E-state index in [2.05, 4.69) is 36.0 Å². The van der Waals surface area contributed by atoms with Crippen LogP contribution in [0.25, 0.3) is 0 Å². The predicted octanol–water partition coefficient (Wildman–Crippen LogP) is 3.15. The zero-order valence-electron chi connectivity index (χ0n) is 8.25. The van der Waals surface area contributed by atoms with Crippen LogP contribution in [-0.2, 0) is 0 Å². The summed E-state index contributed by atoms with van der Waals surface area (Å²) in [6.45, 7) is 5.53. The molecule has 1 atom stereocenters. The van der Waals surface area contributed by atoms with E-state index in [1.165, 1.54) is 17.1 Å². The van der Waals surface area contributed by atoms with Gasteiger partial charge in [0.1, 0.15) is 0 Å². The van der Waals surface area contributed by atoms with Gasteiger partial charge in [0.05, 0.1) is 0 Å². The first-order valence-electron chi connectivity index (χ1n) is 4.67. The van der Waals surface area contributed by atoms with Crippen molar-refractivity contribution in [1.82, 2.24) is 5.32 Å². The molecule has 1 heterocycles. The van der Waals surface area contributed by atoms with Crippen molar-refractivity contribution in [3.8, 4) is 0 Å². The highest BCUT2D eigenvalue weighted by atomic mass is 32.2. The Morgan fingerprint density at radius 1 is 1.62 bits per heavy atom. The lowest BCUT2D eigenvalue weighted by Gasteiger charge is -2.11. The van der Waals surface area contributed by atoms with E-state index in [1.54, 1.807) is 11.3 Å². The normalized spacial score (nSPS) is 13.1. The largest absolute Gasteiger partial charge is 0.309 e. The van der Waals surface area contributed by atoms with Gasteiger partial charge in [0.2, 0.25) is 0 Å². The van der Waals surface area contributed by atoms with Gasteiger partial charge in [-0.1, -0.05) is 6.92 Å². The number of thiophene rings is 1. The van der Waals surface area contributed by atoms with Gasteiger partial charge < -0.3 is 5.32 Å². The first-order valence-corrected chi connectivity index (χ1v) is 6.77. The first kappa shape index (κ1) is 11.1. The van der Waals surface area contributed by atoms with Crippen LogP contribution in [0.4, 0.5) is 0 Å². The molecule has 0 saturated carbocycles. The van der Waals surface area contributed by atoms with Crippen molar-refractivity contribution in [2.45, 2.75) is 19.9 Å². The van der Waals surface area contributed by atoms with Gasteiger partial charge >= 0.3 is 0 Å². The van der Waals surface area contributed by atoms with E-state index in [0.29, 0.717) is 6.04 Å². The van der Waals surface area contributed by atoms with Crippen molar-refractivity contribution in [3.63, 3.8) is 0 Å². The molecule has 1 nitrogen and oxygen atoms in total. The maximum atomic E-state index is 3.51. The van der Waals surface area contributed by atoms with Crippen molar-refractivity contribution in [1.29, 1.82) is 0 Å². The molecular formula is C10H17NS2. The molecule has 0 radical (unpaired) electrons. The van der Waals surface area contributed by atoms with E-state index < -0.39 is 0 Å². The third-order valence-corrected chi connectivity index (χ3v) is 3.55. The number of rotatable bonds is 6. The molecule has 1 N–H and O–H groups in total. The van der Waals surface area contributed by atoms with Crippen LogP contribution in [0.1, 0.15) is 25.5 Å². The maximum absolute atomic E-state index is 3.51. The summed E-state index contributed by atoms with van der Waals surface area (Å²) in [7, 11) is 0. The van der Waals surface area contributed by atoms with E-state index in [4.69, 9.17) is 0 Å². The smallest absolute Gasteiger partial charge is 0.0300 e. The van der Waals surface area contributed by atoms with Gasteiger partial charge in [-0.05, 0) is 35.1 Å². The Balaban J connectivity index is 2.15. The minimum absolute atomic E-state index is 0.503. The first-order chi connectivity index (χ1) is 6.34. The third-order valence-electron chi connectivity index (χ3n) is 1.94. The quantitative estimate of drug-likeness (QED) is 0.732. The van der Waals surface area contributed by atoms with Gasteiger partial charge in [-0.15, -0.1) is 0 Å². The molecule has 3 heteroatoms. The lowest BCUT2D eigenvalue weighted by atomic mass is 10.2. The van der Waals surface area contributed by atoms with Crippen molar-refractivity contribution >= 4 is 23.1 Å². The Morgan fingerprint density at radius 2 is 2.46 bits per heavy atom. The van der Waals surface area contributed by atoms with Gasteiger partial charge in [0.15, 0.2) is 0 Å². The molecule has 0 aliphatic carbocycles. The summed E-state index contributed by atoms with van der Waals surface area (Å²) in [6, 6.07) is 2.69. The molecule has 0 fully saturated rings. The fourth-order valence-electron chi connectivity index (χ4n) is 1.13. The van der Waals surface area contributed by atoms with Crippen LogP contribution in [0.15, 0.2) is 16.8 Å². The SMILES string of the molecule is CCSCCNC(C)c1ccsc1. The van der Waals surface area contributed by atoms with Gasteiger partial charge in [0, 0.05) is 18.3 Å². The van der Waals surface area contributed by atoms with Gasteiger partial charge in [0.25, 0.3) is 0 Å². The van der Waals surface area contributed by atoms with Crippen molar-refractivity contribution in [2.24, 2.45) is 0 Å². The zero-order chi connectivity index (χ0) is 9.52. The fourth-order valence-corrected chi connectivity index (χ4v) is 2.44. The van der Waals surface area contributed by atoms with Crippen LogP contribution in [0.2, 0.25) is 0 Å². The van der Waals surface area contributed by atoms with Crippen LogP contribution in [0, 0.1) is 0 Å². The fraction of sp³-hybridized carbons (Fsp3) is 0.600. The molecule has 74 valence electrons. The predicted molar refractivity (Wildman–Crippen MR) is 63.7 cm³/mol. The average molecular weight is 215 g/mol.